The second-order valence-electron chi connectivity index (χ2n) is 5.96. The lowest BCUT2D eigenvalue weighted by atomic mass is 9.83. The average molecular weight is 301 g/mol. The number of carbonyl (C=O) groups is 1. The number of carbonyl (C=O) groups excluding carboxylic acids is 1. The summed E-state index contributed by atoms with van der Waals surface area (Å²) in [5.41, 5.74) is -0.277. The van der Waals surface area contributed by atoms with Gasteiger partial charge in [-0.3, -0.25) is 9.36 Å². The van der Waals surface area contributed by atoms with Gasteiger partial charge < -0.3 is 10.4 Å². The highest BCUT2D eigenvalue weighted by molar-refractivity contribution is 5.92. The van der Waals surface area contributed by atoms with Crippen molar-refractivity contribution in [3.05, 3.63) is 36.7 Å². The molecular formula is C15H19N5O2. The van der Waals surface area contributed by atoms with Crippen molar-refractivity contribution in [2.45, 2.75) is 44.2 Å². The van der Waals surface area contributed by atoms with Gasteiger partial charge in [0.15, 0.2) is 0 Å². The van der Waals surface area contributed by atoms with Gasteiger partial charge in [0.2, 0.25) is 5.95 Å². The Morgan fingerprint density at radius 2 is 2.18 bits per heavy atom. The fraction of sp³-hybridized carbons (Fsp3) is 0.467. The zero-order valence-corrected chi connectivity index (χ0v) is 12.4. The normalized spacial score (nSPS) is 24.9. The molecule has 2 aromatic rings. The van der Waals surface area contributed by atoms with E-state index in [1.807, 2.05) is 6.92 Å². The molecule has 0 atom stereocenters. The first kappa shape index (κ1) is 14.6. The molecule has 0 spiro atoms. The van der Waals surface area contributed by atoms with E-state index in [4.69, 9.17) is 0 Å². The van der Waals surface area contributed by atoms with E-state index in [1.165, 1.54) is 0 Å². The molecule has 7 nitrogen and oxygen atoms in total. The van der Waals surface area contributed by atoms with Crippen molar-refractivity contribution in [3.8, 4) is 5.95 Å². The Balaban J connectivity index is 1.67. The van der Waals surface area contributed by atoms with Crippen LogP contribution in [0, 0.1) is 0 Å². The van der Waals surface area contributed by atoms with E-state index in [-0.39, 0.29) is 11.9 Å². The van der Waals surface area contributed by atoms with Gasteiger partial charge >= 0.3 is 0 Å². The minimum absolute atomic E-state index is 0.0828. The Bertz CT molecular complexity index is 644. The van der Waals surface area contributed by atoms with Crippen LogP contribution in [0.2, 0.25) is 0 Å². The summed E-state index contributed by atoms with van der Waals surface area (Å²) in [6.45, 7) is 1.84. The van der Waals surface area contributed by atoms with Crippen molar-refractivity contribution in [1.82, 2.24) is 24.8 Å². The molecule has 3 rings (SSSR count). The van der Waals surface area contributed by atoms with E-state index in [9.17, 15) is 9.90 Å². The lowest BCUT2D eigenvalue weighted by Gasteiger charge is -2.33. The molecule has 1 amide bonds. The molecule has 22 heavy (non-hydrogen) atoms. The number of rotatable bonds is 3. The molecule has 1 aliphatic rings. The topological polar surface area (TPSA) is 92.9 Å². The van der Waals surface area contributed by atoms with Gasteiger partial charge in [0.1, 0.15) is 12.0 Å². The molecule has 0 saturated heterocycles. The van der Waals surface area contributed by atoms with Gasteiger partial charge in [0, 0.05) is 24.6 Å². The van der Waals surface area contributed by atoms with Crippen LogP contribution < -0.4 is 5.32 Å². The number of aromatic nitrogens is 4. The lowest BCUT2D eigenvalue weighted by molar-refractivity contribution is 0.0140. The van der Waals surface area contributed by atoms with Crippen molar-refractivity contribution in [1.29, 1.82) is 0 Å². The van der Waals surface area contributed by atoms with Crippen molar-refractivity contribution < 1.29 is 9.90 Å². The monoisotopic (exact) mass is 301 g/mol. The quantitative estimate of drug-likeness (QED) is 0.885. The Morgan fingerprint density at radius 3 is 2.86 bits per heavy atom. The third kappa shape index (κ3) is 3.30. The molecular weight excluding hydrogens is 282 g/mol. The van der Waals surface area contributed by atoms with E-state index in [0.717, 1.165) is 12.8 Å². The fourth-order valence-corrected chi connectivity index (χ4v) is 2.62. The molecule has 1 fully saturated rings. The first-order valence-electron chi connectivity index (χ1n) is 7.38. The van der Waals surface area contributed by atoms with Crippen LogP contribution in [-0.2, 0) is 0 Å². The van der Waals surface area contributed by atoms with Gasteiger partial charge in [0.05, 0.1) is 5.60 Å². The summed E-state index contributed by atoms with van der Waals surface area (Å²) < 4.78 is 1.65. The molecule has 116 valence electrons. The van der Waals surface area contributed by atoms with Gasteiger partial charge in [-0.15, -0.1) is 0 Å². The molecule has 0 aromatic carbocycles. The summed E-state index contributed by atoms with van der Waals surface area (Å²) in [5, 5.41) is 12.9. The van der Waals surface area contributed by atoms with Gasteiger partial charge in [-0.2, -0.15) is 0 Å². The highest BCUT2D eigenvalue weighted by atomic mass is 16.3. The molecule has 2 N–H and O–H groups in total. The van der Waals surface area contributed by atoms with Crippen LogP contribution in [0.15, 0.2) is 31.0 Å². The van der Waals surface area contributed by atoms with Crippen LogP contribution in [0.3, 0.4) is 0 Å². The second-order valence-corrected chi connectivity index (χ2v) is 5.96. The van der Waals surface area contributed by atoms with Crippen LogP contribution in [0.5, 0.6) is 0 Å². The Kier molecular flexibility index (Phi) is 3.89. The van der Waals surface area contributed by atoms with E-state index in [0.29, 0.717) is 24.5 Å². The maximum Gasteiger partial charge on any atom is 0.270 e. The van der Waals surface area contributed by atoms with Crippen LogP contribution in [0.25, 0.3) is 5.95 Å². The second kappa shape index (κ2) is 5.84. The number of amides is 1. The van der Waals surface area contributed by atoms with Crippen molar-refractivity contribution in [3.63, 3.8) is 0 Å². The van der Waals surface area contributed by atoms with Crippen LogP contribution in [0.1, 0.15) is 43.1 Å². The Labute approximate surface area is 128 Å². The highest BCUT2D eigenvalue weighted by Crippen LogP contribution is 2.27. The molecule has 7 heteroatoms. The summed E-state index contributed by atoms with van der Waals surface area (Å²) in [6.07, 6.45) is 9.44. The largest absolute Gasteiger partial charge is 0.390 e. The van der Waals surface area contributed by atoms with Crippen LogP contribution >= 0.6 is 0 Å². The number of nitrogens with one attached hydrogen (secondary N) is 1. The average Bonchev–Trinajstić information content (AvgIpc) is 3.04. The summed E-state index contributed by atoms with van der Waals surface area (Å²) in [5.74, 6) is 0.201. The predicted octanol–water partition coefficient (Wildman–Crippen LogP) is 1.09. The standard InChI is InChI=1S/C15H19N5O2/c1-15(22)5-2-11(3-6-15)18-13(21)12-4-7-17-14(19-12)20-9-8-16-10-20/h4,7-11,22H,2-3,5-6H2,1H3,(H,18,21)/t11-,15-. The van der Waals surface area contributed by atoms with Gasteiger partial charge in [-0.05, 0) is 38.7 Å². The predicted molar refractivity (Wildman–Crippen MR) is 79.5 cm³/mol. The fourth-order valence-electron chi connectivity index (χ4n) is 2.62. The van der Waals surface area contributed by atoms with E-state index in [2.05, 4.69) is 20.3 Å². The Morgan fingerprint density at radius 1 is 1.41 bits per heavy atom. The molecule has 0 bridgehead atoms. The zero-order valence-electron chi connectivity index (χ0n) is 12.4. The highest BCUT2D eigenvalue weighted by Gasteiger charge is 2.29. The van der Waals surface area contributed by atoms with Crippen molar-refractivity contribution >= 4 is 5.91 Å². The summed E-state index contributed by atoms with van der Waals surface area (Å²) >= 11 is 0. The molecule has 2 aromatic heterocycles. The van der Waals surface area contributed by atoms with Crippen molar-refractivity contribution in [2.75, 3.05) is 0 Å². The molecule has 1 aliphatic carbocycles. The summed E-state index contributed by atoms with van der Waals surface area (Å²) in [7, 11) is 0. The molecule has 0 aliphatic heterocycles. The molecule has 2 heterocycles. The lowest BCUT2D eigenvalue weighted by Crippen LogP contribution is -2.42. The van der Waals surface area contributed by atoms with Gasteiger partial charge in [-0.25, -0.2) is 15.0 Å². The summed E-state index contributed by atoms with van der Waals surface area (Å²) in [4.78, 5) is 24.6. The summed E-state index contributed by atoms with van der Waals surface area (Å²) in [6, 6.07) is 1.67. The van der Waals surface area contributed by atoms with E-state index < -0.39 is 5.60 Å². The minimum atomic E-state index is -0.606. The zero-order chi connectivity index (χ0) is 15.6. The number of imidazole rings is 1. The third-order valence-corrected chi connectivity index (χ3v) is 4.01. The molecule has 1 saturated carbocycles. The maximum absolute atomic E-state index is 12.3. The number of nitrogens with zero attached hydrogens (tertiary/aromatic N) is 4. The first-order valence-corrected chi connectivity index (χ1v) is 7.38. The van der Waals surface area contributed by atoms with Crippen molar-refractivity contribution in [2.24, 2.45) is 0 Å². The first-order chi connectivity index (χ1) is 10.5. The van der Waals surface area contributed by atoms with Gasteiger partial charge in [0.25, 0.3) is 5.91 Å². The molecule has 0 unspecified atom stereocenters. The van der Waals surface area contributed by atoms with E-state index >= 15 is 0 Å². The third-order valence-electron chi connectivity index (χ3n) is 4.01. The Hall–Kier alpha value is -2.28. The minimum Gasteiger partial charge on any atom is -0.390 e. The number of aliphatic hydroxyl groups is 1. The van der Waals surface area contributed by atoms with Crippen LogP contribution in [0.4, 0.5) is 0 Å². The van der Waals surface area contributed by atoms with Gasteiger partial charge in [-0.1, -0.05) is 0 Å². The number of hydrogen-bond donors (Lipinski definition) is 2. The van der Waals surface area contributed by atoms with Crippen LogP contribution in [-0.4, -0.2) is 42.2 Å². The smallest absolute Gasteiger partial charge is 0.270 e. The van der Waals surface area contributed by atoms with E-state index in [1.54, 1.807) is 35.6 Å². The molecule has 0 radical (unpaired) electrons. The SMILES string of the molecule is C[C@]1(O)CC[C@H](NC(=O)c2ccnc(-n3ccnc3)n2)CC1. The number of hydrogen-bond acceptors (Lipinski definition) is 5. The maximum atomic E-state index is 12.3.